The minimum atomic E-state index is 0.240. The normalized spacial score (nSPS) is 26.4. The van der Waals surface area contributed by atoms with E-state index in [-0.39, 0.29) is 5.38 Å². The maximum Gasteiger partial charge on any atom is 0.140 e. The highest BCUT2D eigenvalue weighted by Crippen LogP contribution is 2.28. The molecule has 0 aliphatic heterocycles. The first-order valence-electron chi connectivity index (χ1n) is 4.78. The summed E-state index contributed by atoms with van der Waals surface area (Å²) < 4.78 is 0.996. The summed E-state index contributed by atoms with van der Waals surface area (Å²) >= 11 is 9.63. The van der Waals surface area contributed by atoms with Gasteiger partial charge in [-0.1, -0.05) is 0 Å². The Bertz CT molecular complexity index is 319. The molecule has 2 unspecified atom stereocenters. The zero-order chi connectivity index (χ0) is 9.97. The average molecular weight is 276 g/mol. The van der Waals surface area contributed by atoms with E-state index >= 15 is 0 Å². The van der Waals surface area contributed by atoms with Crippen molar-refractivity contribution in [2.45, 2.75) is 30.7 Å². The van der Waals surface area contributed by atoms with Crippen LogP contribution in [0, 0.1) is 0 Å². The summed E-state index contributed by atoms with van der Waals surface area (Å²) in [5, 5.41) is 3.61. The van der Waals surface area contributed by atoms with Gasteiger partial charge in [-0.2, -0.15) is 0 Å². The highest BCUT2D eigenvalue weighted by molar-refractivity contribution is 9.10. The fourth-order valence-electron chi connectivity index (χ4n) is 1.74. The molecule has 1 heterocycles. The SMILES string of the molecule is ClC1CCCC1Nc1ncccc1Br. The number of hydrogen-bond donors (Lipinski definition) is 1. The summed E-state index contributed by atoms with van der Waals surface area (Å²) in [5.41, 5.74) is 0. The first-order chi connectivity index (χ1) is 6.77. The molecule has 0 saturated heterocycles. The molecule has 2 atom stereocenters. The van der Waals surface area contributed by atoms with Gasteiger partial charge in [0.1, 0.15) is 5.82 Å². The molecule has 0 bridgehead atoms. The standard InChI is InChI=1S/C10H12BrClN2/c11-7-3-2-6-13-10(7)14-9-5-1-4-8(9)12/h2-3,6,8-9H,1,4-5H2,(H,13,14). The van der Waals surface area contributed by atoms with Crippen molar-refractivity contribution in [1.29, 1.82) is 0 Å². The lowest BCUT2D eigenvalue weighted by molar-refractivity contribution is 0.756. The van der Waals surface area contributed by atoms with Gasteiger partial charge in [-0.25, -0.2) is 4.98 Å². The maximum absolute atomic E-state index is 6.17. The molecule has 1 aromatic heterocycles. The van der Waals surface area contributed by atoms with Crippen LogP contribution in [0.1, 0.15) is 19.3 Å². The number of hydrogen-bond acceptors (Lipinski definition) is 2. The van der Waals surface area contributed by atoms with Crippen LogP contribution in [0.15, 0.2) is 22.8 Å². The molecule has 4 heteroatoms. The van der Waals surface area contributed by atoms with E-state index in [0.717, 1.165) is 23.1 Å². The Morgan fingerprint density at radius 1 is 1.50 bits per heavy atom. The van der Waals surface area contributed by atoms with Crippen LogP contribution in [0.25, 0.3) is 0 Å². The Morgan fingerprint density at radius 2 is 2.36 bits per heavy atom. The lowest BCUT2D eigenvalue weighted by Crippen LogP contribution is -2.24. The van der Waals surface area contributed by atoms with E-state index in [0.29, 0.717) is 6.04 Å². The molecular formula is C10H12BrClN2. The lowest BCUT2D eigenvalue weighted by atomic mass is 10.2. The summed E-state index contributed by atoms with van der Waals surface area (Å²) in [6.07, 6.45) is 5.22. The Labute approximate surface area is 97.2 Å². The van der Waals surface area contributed by atoms with Crippen molar-refractivity contribution in [2.24, 2.45) is 0 Å². The molecule has 0 amide bonds. The Morgan fingerprint density at radius 3 is 3.00 bits per heavy atom. The van der Waals surface area contributed by atoms with E-state index < -0.39 is 0 Å². The number of alkyl halides is 1. The predicted octanol–water partition coefficient (Wildman–Crippen LogP) is 3.42. The largest absolute Gasteiger partial charge is 0.365 e. The van der Waals surface area contributed by atoms with Gasteiger partial charge in [0.2, 0.25) is 0 Å². The van der Waals surface area contributed by atoms with Gasteiger partial charge in [0.15, 0.2) is 0 Å². The van der Waals surface area contributed by atoms with Crippen molar-refractivity contribution in [3.63, 3.8) is 0 Å². The van der Waals surface area contributed by atoms with Crippen LogP contribution < -0.4 is 5.32 Å². The molecule has 2 rings (SSSR count). The molecule has 1 aromatic rings. The molecule has 1 saturated carbocycles. The average Bonchev–Trinajstić information content (AvgIpc) is 2.56. The fraction of sp³-hybridized carbons (Fsp3) is 0.500. The smallest absolute Gasteiger partial charge is 0.140 e. The molecule has 1 aliphatic carbocycles. The van der Waals surface area contributed by atoms with E-state index in [2.05, 4.69) is 26.2 Å². The van der Waals surface area contributed by atoms with Crippen LogP contribution in [0.3, 0.4) is 0 Å². The Balaban J connectivity index is 2.07. The van der Waals surface area contributed by atoms with E-state index in [1.54, 1.807) is 6.20 Å². The number of rotatable bonds is 2. The minimum Gasteiger partial charge on any atom is -0.365 e. The van der Waals surface area contributed by atoms with Crippen LogP contribution >= 0.6 is 27.5 Å². The third kappa shape index (κ3) is 2.20. The molecule has 1 aliphatic rings. The highest BCUT2D eigenvalue weighted by Gasteiger charge is 2.25. The van der Waals surface area contributed by atoms with E-state index in [4.69, 9.17) is 11.6 Å². The summed E-state index contributed by atoms with van der Waals surface area (Å²) in [7, 11) is 0. The second-order valence-electron chi connectivity index (χ2n) is 3.53. The van der Waals surface area contributed by atoms with Crippen molar-refractivity contribution in [3.8, 4) is 0 Å². The fourth-order valence-corrected chi connectivity index (χ4v) is 2.46. The van der Waals surface area contributed by atoms with Crippen LogP contribution in [0.5, 0.6) is 0 Å². The zero-order valence-corrected chi connectivity index (χ0v) is 10.1. The quantitative estimate of drug-likeness (QED) is 0.837. The third-order valence-corrected chi connectivity index (χ3v) is 3.67. The molecule has 0 aromatic carbocycles. The number of anilines is 1. The van der Waals surface area contributed by atoms with Crippen molar-refractivity contribution in [1.82, 2.24) is 4.98 Å². The van der Waals surface area contributed by atoms with Crippen LogP contribution in [-0.4, -0.2) is 16.4 Å². The van der Waals surface area contributed by atoms with Gasteiger partial charge in [-0.3, -0.25) is 0 Å². The van der Waals surface area contributed by atoms with E-state index in [1.807, 2.05) is 12.1 Å². The number of aromatic nitrogens is 1. The molecule has 76 valence electrons. The van der Waals surface area contributed by atoms with Gasteiger partial charge in [0.05, 0.1) is 9.85 Å². The Hall–Kier alpha value is -0.280. The van der Waals surface area contributed by atoms with E-state index in [9.17, 15) is 0 Å². The third-order valence-electron chi connectivity index (χ3n) is 2.51. The molecule has 0 spiro atoms. The molecule has 14 heavy (non-hydrogen) atoms. The maximum atomic E-state index is 6.17. The summed E-state index contributed by atoms with van der Waals surface area (Å²) in [4.78, 5) is 4.26. The van der Waals surface area contributed by atoms with Crippen LogP contribution in [0.2, 0.25) is 0 Å². The second-order valence-corrected chi connectivity index (χ2v) is 4.95. The van der Waals surface area contributed by atoms with Gasteiger partial charge < -0.3 is 5.32 Å². The van der Waals surface area contributed by atoms with Crippen LogP contribution in [-0.2, 0) is 0 Å². The monoisotopic (exact) mass is 274 g/mol. The zero-order valence-electron chi connectivity index (χ0n) is 7.71. The van der Waals surface area contributed by atoms with Gasteiger partial charge in [0, 0.05) is 12.2 Å². The second kappa shape index (κ2) is 4.49. The summed E-state index contributed by atoms with van der Waals surface area (Å²) in [5.74, 6) is 0.894. The highest BCUT2D eigenvalue weighted by atomic mass is 79.9. The van der Waals surface area contributed by atoms with Crippen molar-refractivity contribution in [2.75, 3.05) is 5.32 Å². The molecule has 1 fully saturated rings. The summed E-state index contributed by atoms with van der Waals surface area (Å²) in [6, 6.07) is 4.25. The van der Waals surface area contributed by atoms with Crippen molar-refractivity contribution in [3.05, 3.63) is 22.8 Å². The molecular weight excluding hydrogens is 263 g/mol. The Kier molecular flexibility index (Phi) is 3.29. The van der Waals surface area contributed by atoms with Gasteiger partial charge >= 0.3 is 0 Å². The number of pyridine rings is 1. The number of halogens is 2. The van der Waals surface area contributed by atoms with Crippen molar-refractivity contribution >= 4 is 33.3 Å². The minimum absolute atomic E-state index is 0.240. The summed E-state index contributed by atoms with van der Waals surface area (Å²) in [6.45, 7) is 0. The lowest BCUT2D eigenvalue weighted by Gasteiger charge is -2.17. The van der Waals surface area contributed by atoms with Gasteiger partial charge in [-0.15, -0.1) is 11.6 Å². The first-order valence-corrected chi connectivity index (χ1v) is 6.01. The molecule has 0 radical (unpaired) electrons. The van der Waals surface area contributed by atoms with Gasteiger partial charge in [-0.05, 0) is 47.3 Å². The number of nitrogens with zero attached hydrogens (tertiary/aromatic N) is 1. The van der Waals surface area contributed by atoms with E-state index in [1.165, 1.54) is 6.42 Å². The first kappa shape index (κ1) is 10.2. The topological polar surface area (TPSA) is 24.9 Å². The molecule has 1 N–H and O–H groups in total. The van der Waals surface area contributed by atoms with Crippen LogP contribution in [0.4, 0.5) is 5.82 Å². The number of nitrogens with one attached hydrogen (secondary N) is 1. The predicted molar refractivity (Wildman–Crippen MR) is 62.8 cm³/mol. The van der Waals surface area contributed by atoms with Crippen molar-refractivity contribution < 1.29 is 0 Å². The van der Waals surface area contributed by atoms with Gasteiger partial charge in [0.25, 0.3) is 0 Å². The molecule has 2 nitrogen and oxygen atoms in total.